The SMILES string of the molecule is c1ccc(CNc2nc(-c3cccs3)nc3nc[nH]c23)cc1. The lowest BCUT2D eigenvalue weighted by Crippen LogP contribution is -2.03. The van der Waals surface area contributed by atoms with Crippen LogP contribution in [0.1, 0.15) is 5.56 Å². The smallest absolute Gasteiger partial charge is 0.183 e. The van der Waals surface area contributed by atoms with Crippen molar-refractivity contribution in [3.8, 4) is 10.7 Å². The molecule has 3 aromatic heterocycles. The van der Waals surface area contributed by atoms with Crippen molar-refractivity contribution < 1.29 is 0 Å². The van der Waals surface area contributed by atoms with Gasteiger partial charge in [-0.05, 0) is 17.0 Å². The van der Waals surface area contributed by atoms with E-state index in [1.807, 2.05) is 35.7 Å². The summed E-state index contributed by atoms with van der Waals surface area (Å²) in [5, 5.41) is 5.39. The first-order valence-corrected chi connectivity index (χ1v) is 7.81. The number of rotatable bonds is 4. The highest BCUT2D eigenvalue weighted by molar-refractivity contribution is 7.13. The van der Waals surface area contributed by atoms with Gasteiger partial charge in [0.2, 0.25) is 0 Å². The molecule has 4 rings (SSSR count). The predicted octanol–water partition coefficient (Wildman–Crippen LogP) is 3.69. The normalized spacial score (nSPS) is 10.9. The highest BCUT2D eigenvalue weighted by Crippen LogP contribution is 2.26. The molecule has 0 spiro atoms. The number of hydrogen-bond donors (Lipinski definition) is 2. The van der Waals surface area contributed by atoms with E-state index >= 15 is 0 Å². The molecule has 0 unspecified atom stereocenters. The maximum Gasteiger partial charge on any atom is 0.183 e. The molecule has 0 aliphatic heterocycles. The summed E-state index contributed by atoms with van der Waals surface area (Å²) in [5.74, 6) is 1.47. The average molecular weight is 307 g/mol. The summed E-state index contributed by atoms with van der Waals surface area (Å²) < 4.78 is 0. The van der Waals surface area contributed by atoms with Crippen LogP contribution in [0.15, 0.2) is 54.2 Å². The van der Waals surface area contributed by atoms with Crippen LogP contribution in [0.4, 0.5) is 5.82 Å². The van der Waals surface area contributed by atoms with Crippen molar-refractivity contribution in [3.05, 3.63) is 59.7 Å². The number of benzene rings is 1. The number of imidazole rings is 1. The molecule has 0 atom stereocenters. The van der Waals surface area contributed by atoms with Gasteiger partial charge < -0.3 is 10.3 Å². The molecule has 0 radical (unpaired) electrons. The first-order valence-electron chi connectivity index (χ1n) is 6.93. The number of anilines is 1. The lowest BCUT2D eigenvalue weighted by atomic mass is 10.2. The Morgan fingerprint density at radius 2 is 1.95 bits per heavy atom. The van der Waals surface area contributed by atoms with Gasteiger partial charge in [-0.25, -0.2) is 15.0 Å². The molecule has 3 heterocycles. The minimum absolute atomic E-state index is 0.675. The molecule has 0 saturated carbocycles. The second kappa shape index (κ2) is 5.57. The number of aromatic amines is 1. The van der Waals surface area contributed by atoms with Crippen molar-refractivity contribution in [1.82, 2.24) is 19.9 Å². The fourth-order valence-electron chi connectivity index (χ4n) is 2.26. The summed E-state index contributed by atoms with van der Waals surface area (Å²) >= 11 is 1.62. The second-order valence-corrected chi connectivity index (χ2v) is 5.76. The van der Waals surface area contributed by atoms with Crippen LogP contribution in [0.2, 0.25) is 0 Å². The van der Waals surface area contributed by atoms with Gasteiger partial charge in [0.05, 0.1) is 11.2 Å². The van der Waals surface area contributed by atoms with Crippen molar-refractivity contribution in [1.29, 1.82) is 0 Å². The summed E-state index contributed by atoms with van der Waals surface area (Å²) in [6, 6.07) is 14.2. The molecule has 2 N–H and O–H groups in total. The Balaban J connectivity index is 1.71. The number of H-pyrrole nitrogens is 1. The summed E-state index contributed by atoms with van der Waals surface area (Å²) in [7, 11) is 0. The van der Waals surface area contributed by atoms with Gasteiger partial charge in [0.1, 0.15) is 5.52 Å². The van der Waals surface area contributed by atoms with Crippen LogP contribution in [0.25, 0.3) is 21.9 Å². The van der Waals surface area contributed by atoms with Crippen LogP contribution in [-0.2, 0) is 6.54 Å². The second-order valence-electron chi connectivity index (χ2n) is 4.81. The van der Waals surface area contributed by atoms with Crippen LogP contribution in [0.5, 0.6) is 0 Å². The molecular weight excluding hydrogens is 294 g/mol. The number of fused-ring (bicyclic) bond motifs is 1. The fourth-order valence-corrected chi connectivity index (χ4v) is 2.92. The van der Waals surface area contributed by atoms with Crippen LogP contribution >= 0.6 is 11.3 Å². The molecule has 0 aliphatic carbocycles. The molecule has 1 aromatic carbocycles. The fraction of sp³-hybridized carbons (Fsp3) is 0.0625. The quantitative estimate of drug-likeness (QED) is 0.603. The molecule has 22 heavy (non-hydrogen) atoms. The maximum atomic E-state index is 4.65. The first-order chi connectivity index (χ1) is 10.9. The standard InChI is InChI=1S/C16H13N5S/c1-2-5-11(6-3-1)9-17-15-13-16(19-10-18-13)21-14(20-15)12-7-4-8-22-12/h1-8,10H,9H2,(H2,17,18,19,20,21). The van der Waals surface area contributed by atoms with E-state index in [9.17, 15) is 0 Å². The van der Waals surface area contributed by atoms with Gasteiger partial charge in [0.25, 0.3) is 0 Å². The topological polar surface area (TPSA) is 66.5 Å². The monoisotopic (exact) mass is 307 g/mol. The Hall–Kier alpha value is -2.73. The van der Waals surface area contributed by atoms with Crippen LogP contribution in [0.3, 0.4) is 0 Å². The lowest BCUT2D eigenvalue weighted by Gasteiger charge is -2.08. The molecule has 0 aliphatic rings. The van der Waals surface area contributed by atoms with Gasteiger partial charge in [-0.1, -0.05) is 36.4 Å². The highest BCUT2D eigenvalue weighted by Gasteiger charge is 2.11. The Labute approximate surface area is 131 Å². The Morgan fingerprint density at radius 1 is 1.05 bits per heavy atom. The van der Waals surface area contributed by atoms with Gasteiger partial charge >= 0.3 is 0 Å². The zero-order chi connectivity index (χ0) is 14.8. The van der Waals surface area contributed by atoms with E-state index in [1.165, 1.54) is 5.56 Å². The molecule has 0 fully saturated rings. The Bertz CT molecular complexity index is 883. The molecule has 5 nitrogen and oxygen atoms in total. The summed E-state index contributed by atoms with van der Waals surface area (Å²) in [6.07, 6.45) is 1.64. The molecule has 0 saturated heterocycles. The number of thiophene rings is 1. The molecular formula is C16H13N5S. The van der Waals surface area contributed by atoms with Gasteiger partial charge in [-0.2, -0.15) is 0 Å². The molecule has 0 bridgehead atoms. The third-order valence-electron chi connectivity index (χ3n) is 3.33. The summed E-state index contributed by atoms with van der Waals surface area (Å²) in [4.78, 5) is 17.6. The molecule has 6 heteroatoms. The predicted molar refractivity (Wildman–Crippen MR) is 88.8 cm³/mol. The van der Waals surface area contributed by atoms with Gasteiger partial charge in [0.15, 0.2) is 17.3 Å². The van der Waals surface area contributed by atoms with Crippen molar-refractivity contribution >= 4 is 28.3 Å². The van der Waals surface area contributed by atoms with Crippen LogP contribution < -0.4 is 5.32 Å². The minimum Gasteiger partial charge on any atom is -0.364 e. The van der Waals surface area contributed by atoms with Crippen molar-refractivity contribution in [2.24, 2.45) is 0 Å². The Kier molecular flexibility index (Phi) is 3.29. The van der Waals surface area contributed by atoms with E-state index in [4.69, 9.17) is 0 Å². The number of hydrogen-bond acceptors (Lipinski definition) is 5. The zero-order valence-corrected chi connectivity index (χ0v) is 12.5. The molecule has 108 valence electrons. The van der Waals surface area contributed by atoms with E-state index in [0.717, 1.165) is 16.2 Å². The third kappa shape index (κ3) is 2.44. The van der Waals surface area contributed by atoms with Gasteiger partial charge in [-0.3, -0.25) is 0 Å². The number of aromatic nitrogens is 4. The van der Waals surface area contributed by atoms with Crippen molar-refractivity contribution in [2.45, 2.75) is 6.54 Å². The van der Waals surface area contributed by atoms with Gasteiger partial charge in [0, 0.05) is 6.54 Å². The van der Waals surface area contributed by atoms with Crippen molar-refractivity contribution in [3.63, 3.8) is 0 Å². The first kappa shape index (κ1) is 13.0. The lowest BCUT2D eigenvalue weighted by molar-refractivity contribution is 1.10. The summed E-state index contributed by atoms with van der Waals surface area (Å²) in [5.41, 5.74) is 2.71. The van der Waals surface area contributed by atoms with E-state index in [0.29, 0.717) is 18.0 Å². The highest BCUT2D eigenvalue weighted by atomic mass is 32.1. The van der Waals surface area contributed by atoms with Crippen LogP contribution in [0, 0.1) is 0 Å². The Morgan fingerprint density at radius 3 is 2.77 bits per heavy atom. The average Bonchev–Trinajstić information content (AvgIpc) is 3.24. The van der Waals surface area contributed by atoms with Gasteiger partial charge in [-0.15, -0.1) is 11.3 Å². The molecule has 4 aromatic rings. The number of nitrogens with zero attached hydrogens (tertiary/aromatic N) is 3. The van der Waals surface area contributed by atoms with Crippen LogP contribution in [-0.4, -0.2) is 19.9 Å². The summed E-state index contributed by atoms with van der Waals surface area (Å²) in [6.45, 7) is 0.704. The van der Waals surface area contributed by atoms with E-state index in [1.54, 1.807) is 17.7 Å². The van der Waals surface area contributed by atoms with Crippen molar-refractivity contribution in [2.75, 3.05) is 5.32 Å². The maximum absolute atomic E-state index is 4.65. The van der Waals surface area contributed by atoms with E-state index in [2.05, 4.69) is 37.4 Å². The molecule has 0 amide bonds. The van der Waals surface area contributed by atoms with E-state index < -0.39 is 0 Å². The largest absolute Gasteiger partial charge is 0.364 e. The number of nitrogens with one attached hydrogen (secondary N) is 2. The minimum atomic E-state index is 0.675. The van der Waals surface area contributed by atoms with E-state index in [-0.39, 0.29) is 0 Å². The third-order valence-corrected chi connectivity index (χ3v) is 4.20. The zero-order valence-electron chi connectivity index (χ0n) is 11.7.